The molecule has 1 unspecified atom stereocenters. The van der Waals surface area contributed by atoms with E-state index < -0.39 is 0 Å². The van der Waals surface area contributed by atoms with Gasteiger partial charge in [-0.1, -0.05) is 35.9 Å². The molecule has 2 aromatic rings. The lowest BCUT2D eigenvalue weighted by molar-refractivity contribution is -0.138. The molecule has 2 aromatic carbocycles. The zero-order valence-electron chi connectivity index (χ0n) is 12.7. The van der Waals surface area contributed by atoms with Crippen LogP contribution >= 0.6 is 11.6 Å². The highest BCUT2D eigenvalue weighted by atomic mass is 35.5. The Bertz CT molecular complexity index is 670. The Hall–Kier alpha value is -2.04. The molecule has 1 fully saturated rings. The third-order valence-electron chi connectivity index (χ3n) is 4.00. The number of morpholine rings is 1. The summed E-state index contributed by atoms with van der Waals surface area (Å²) in [4.78, 5) is 14.4. The van der Waals surface area contributed by atoms with Gasteiger partial charge in [0.05, 0.1) is 19.6 Å². The third-order valence-corrected chi connectivity index (χ3v) is 4.25. The first-order valence-electron chi connectivity index (χ1n) is 7.61. The number of amides is 1. The van der Waals surface area contributed by atoms with Gasteiger partial charge in [0.1, 0.15) is 6.10 Å². The number of hydrogen-bond donors (Lipinski definition) is 1. The molecular formula is C18H19ClN2O2. The van der Waals surface area contributed by atoms with Gasteiger partial charge >= 0.3 is 0 Å². The van der Waals surface area contributed by atoms with Crippen LogP contribution in [0.2, 0.25) is 5.02 Å². The van der Waals surface area contributed by atoms with Gasteiger partial charge in [-0.25, -0.2) is 0 Å². The fourth-order valence-corrected chi connectivity index (χ4v) is 2.80. The Morgan fingerprint density at radius 3 is 2.57 bits per heavy atom. The second-order valence-corrected chi connectivity index (χ2v) is 6.11. The maximum atomic E-state index is 12.5. The number of carbonyl (C=O) groups is 1. The number of rotatable bonds is 3. The fourth-order valence-electron chi connectivity index (χ4n) is 2.68. The second-order valence-electron chi connectivity index (χ2n) is 5.67. The van der Waals surface area contributed by atoms with E-state index in [-0.39, 0.29) is 12.0 Å². The van der Waals surface area contributed by atoms with Crippen LogP contribution in [0.15, 0.2) is 48.5 Å². The van der Waals surface area contributed by atoms with Crippen molar-refractivity contribution in [2.75, 3.05) is 25.4 Å². The molecule has 1 aliphatic heterocycles. The summed E-state index contributed by atoms with van der Waals surface area (Å²) in [7, 11) is 0. The molecule has 1 heterocycles. The molecule has 0 aliphatic carbocycles. The largest absolute Gasteiger partial charge is 0.399 e. The van der Waals surface area contributed by atoms with Gasteiger partial charge in [-0.3, -0.25) is 4.79 Å². The number of ether oxygens (including phenoxy) is 1. The number of anilines is 1. The van der Waals surface area contributed by atoms with E-state index in [0.717, 1.165) is 11.1 Å². The van der Waals surface area contributed by atoms with Gasteiger partial charge in [-0.15, -0.1) is 0 Å². The van der Waals surface area contributed by atoms with Crippen LogP contribution in [0.1, 0.15) is 17.2 Å². The smallest absolute Gasteiger partial charge is 0.227 e. The Morgan fingerprint density at radius 2 is 1.87 bits per heavy atom. The summed E-state index contributed by atoms with van der Waals surface area (Å²) >= 11 is 5.92. The molecule has 23 heavy (non-hydrogen) atoms. The van der Waals surface area contributed by atoms with Crippen molar-refractivity contribution < 1.29 is 9.53 Å². The van der Waals surface area contributed by atoms with Crippen LogP contribution in [-0.4, -0.2) is 30.5 Å². The van der Waals surface area contributed by atoms with Gasteiger partial charge in [0.25, 0.3) is 0 Å². The molecule has 120 valence electrons. The van der Waals surface area contributed by atoms with E-state index in [1.54, 1.807) is 0 Å². The fraction of sp³-hybridized carbons (Fsp3) is 0.278. The average molecular weight is 331 g/mol. The Morgan fingerprint density at radius 1 is 1.17 bits per heavy atom. The van der Waals surface area contributed by atoms with Gasteiger partial charge in [0, 0.05) is 17.3 Å². The molecule has 1 saturated heterocycles. The van der Waals surface area contributed by atoms with E-state index in [9.17, 15) is 4.79 Å². The molecule has 2 N–H and O–H groups in total. The quantitative estimate of drug-likeness (QED) is 0.880. The molecule has 1 atom stereocenters. The van der Waals surface area contributed by atoms with Gasteiger partial charge in [0.15, 0.2) is 0 Å². The number of carbonyl (C=O) groups excluding carboxylic acids is 1. The van der Waals surface area contributed by atoms with Gasteiger partial charge in [-0.2, -0.15) is 0 Å². The van der Waals surface area contributed by atoms with Crippen LogP contribution in [-0.2, 0) is 16.0 Å². The monoisotopic (exact) mass is 330 g/mol. The summed E-state index contributed by atoms with van der Waals surface area (Å²) in [5.41, 5.74) is 8.39. The zero-order valence-corrected chi connectivity index (χ0v) is 13.5. The van der Waals surface area contributed by atoms with E-state index in [1.165, 1.54) is 0 Å². The van der Waals surface area contributed by atoms with Gasteiger partial charge in [-0.05, 0) is 35.4 Å². The molecule has 0 saturated carbocycles. The summed E-state index contributed by atoms with van der Waals surface area (Å²) in [5, 5.41) is 0.695. The SMILES string of the molecule is Nc1ccc(CC(=O)N2CCOC(c3ccc(Cl)cc3)C2)cc1. The summed E-state index contributed by atoms with van der Waals surface area (Å²) in [6.45, 7) is 1.73. The van der Waals surface area contributed by atoms with Crippen molar-refractivity contribution >= 4 is 23.2 Å². The number of nitrogens with two attached hydrogens (primary N) is 1. The number of nitrogens with zero attached hydrogens (tertiary/aromatic N) is 1. The molecule has 5 heteroatoms. The number of benzene rings is 2. The van der Waals surface area contributed by atoms with E-state index in [4.69, 9.17) is 22.1 Å². The van der Waals surface area contributed by atoms with Crippen LogP contribution in [0.5, 0.6) is 0 Å². The standard InChI is InChI=1S/C18H19ClN2O2/c19-15-5-3-14(4-6-15)17-12-21(9-10-23-17)18(22)11-13-1-7-16(20)8-2-13/h1-8,17H,9-12,20H2. The van der Waals surface area contributed by atoms with Crippen LogP contribution in [0.3, 0.4) is 0 Å². The summed E-state index contributed by atoms with van der Waals surface area (Å²) in [6, 6.07) is 15.0. The maximum Gasteiger partial charge on any atom is 0.227 e. The highest BCUT2D eigenvalue weighted by molar-refractivity contribution is 6.30. The number of hydrogen-bond acceptors (Lipinski definition) is 3. The minimum absolute atomic E-state index is 0.101. The van der Waals surface area contributed by atoms with Crippen molar-refractivity contribution in [3.05, 3.63) is 64.7 Å². The van der Waals surface area contributed by atoms with Crippen LogP contribution in [0.4, 0.5) is 5.69 Å². The average Bonchev–Trinajstić information content (AvgIpc) is 2.58. The third kappa shape index (κ3) is 4.03. The normalized spacial score (nSPS) is 18.0. The molecule has 0 radical (unpaired) electrons. The minimum atomic E-state index is -0.101. The molecule has 0 bridgehead atoms. The summed E-state index contributed by atoms with van der Waals surface area (Å²) in [6.07, 6.45) is 0.282. The van der Waals surface area contributed by atoms with Crippen LogP contribution < -0.4 is 5.73 Å². The molecule has 0 aromatic heterocycles. The molecule has 1 aliphatic rings. The summed E-state index contributed by atoms with van der Waals surface area (Å²) in [5.74, 6) is 0.108. The first-order valence-corrected chi connectivity index (χ1v) is 7.99. The lowest BCUT2D eigenvalue weighted by atomic mass is 10.1. The van der Waals surface area contributed by atoms with Gasteiger partial charge < -0.3 is 15.4 Å². The van der Waals surface area contributed by atoms with E-state index in [1.807, 2.05) is 53.4 Å². The first kappa shape index (κ1) is 15.8. The van der Waals surface area contributed by atoms with E-state index in [2.05, 4.69) is 0 Å². The predicted molar refractivity (Wildman–Crippen MR) is 91.3 cm³/mol. The highest BCUT2D eigenvalue weighted by Gasteiger charge is 2.25. The van der Waals surface area contributed by atoms with Crippen molar-refractivity contribution in [1.29, 1.82) is 0 Å². The van der Waals surface area contributed by atoms with Crippen LogP contribution in [0.25, 0.3) is 0 Å². The Labute approximate surface area is 140 Å². The van der Waals surface area contributed by atoms with Gasteiger partial charge in [0.2, 0.25) is 5.91 Å². The second kappa shape index (κ2) is 7.02. The van der Waals surface area contributed by atoms with Crippen molar-refractivity contribution in [2.24, 2.45) is 0 Å². The first-order chi connectivity index (χ1) is 11.1. The molecule has 0 spiro atoms. The molecule has 3 rings (SSSR count). The van der Waals surface area contributed by atoms with Crippen molar-refractivity contribution in [1.82, 2.24) is 4.90 Å². The van der Waals surface area contributed by atoms with Crippen molar-refractivity contribution in [2.45, 2.75) is 12.5 Å². The topological polar surface area (TPSA) is 55.6 Å². The molecular weight excluding hydrogens is 312 g/mol. The summed E-state index contributed by atoms with van der Waals surface area (Å²) < 4.78 is 5.80. The van der Waals surface area contributed by atoms with Crippen LogP contribution in [0, 0.1) is 0 Å². The lowest BCUT2D eigenvalue weighted by Gasteiger charge is -2.33. The van der Waals surface area contributed by atoms with Crippen molar-refractivity contribution in [3.8, 4) is 0 Å². The maximum absolute atomic E-state index is 12.5. The molecule has 1 amide bonds. The van der Waals surface area contributed by atoms with E-state index >= 15 is 0 Å². The minimum Gasteiger partial charge on any atom is -0.399 e. The Balaban J connectivity index is 1.64. The highest BCUT2D eigenvalue weighted by Crippen LogP contribution is 2.24. The zero-order chi connectivity index (χ0) is 16.2. The predicted octanol–water partition coefficient (Wildman–Crippen LogP) is 3.06. The number of halogens is 1. The van der Waals surface area contributed by atoms with E-state index in [0.29, 0.717) is 36.8 Å². The molecule has 4 nitrogen and oxygen atoms in total. The lowest BCUT2D eigenvalue weighted by Crippen LogP contribution is -2.42. The van der Waals surface area contributed by atoms with Crippen molar-refractivity contribution in [3.63, 3.8) is 0 Å². The Kier molecular flexibility index (Phi) is 4.84. The number of nitrogen functional groups attached to an aromatic ring is 1.